The number of aliphatic hydroxyl groups excluding tert-OH is 1. The molecule has 0 aliphatic rings. The number of anilines is 1. The highest BCUT2D eigenvalue weighted by Gasteiger charge is 2.22. The summed E-state index contributed by atoms with van der Waals surface area (Å²) in [4.78, 5) is 11.4. The molecule has 0 radical (unpaired) electrons. The van der Waals surface area contributed by atoms with Gasteiger partial charge in [-0.3, -0.25) is 0 Å². The maximum Gasteiger partial charge on any atom is 0.338 e. The predicted molar refractivity (Wildman–Crippen MR) is 137 cm³/mol. The van der Waals surface area contributed by atoms with Gasteiger partial charge in [0, 0.05) is 24.9 Å². The normalized spacial score (nSPS) is 12.2. The van der Waals surface area contributed by atoms with Crippen molar-refractivity contribution in [2.24, 2.45) is 0 Å². The van der Waals surface area contributed by atoms with Gasteiger partial charge in [-0.15, -0.1) is 0 Å². The van der Waals surface area contributed by atoms with Crippen molar-refractivity contribution in [3.63, 3.8) is 0 Å². The molecular formula is C26H30N2O7S. The predicted octanol–water partition coefficient (Wildman–Crippen LogP) is 2.92. The molecular weight excluding hydrogens is 484 g/mol. The van der Waals surface area contributed by atoms with E-state index < -0.39 is 21.7 Å². The quantitative estimate of drug-likeness (QED) is 0.172. The second-order valence-corrected chi connectivity index (χ2v) is 10.0. The van der Waals surface area contributed by atoms with E-state index in [0.29, 0.717) is 31.1 Å². The maximum atomic E-state index is 11.9. The summed E-state index contributed by atoms with van der Waals surface area (Å²) in [6, 6.07) is 17.3. The summed E-state index contributed by atoms with van der Waals surface area (Å²) in [6.07, 6.45) is -0.126. The van der Waals surface area contributed by atoms with Gasteiger partial charge in [-0.1, -0.05) is 30.3 Å². The number of hydrogen-bond donors (Lipinski definition) is 4. The van der Waals surface area contributed by atoms with E-state index in [4.69, 9.17) is 15.2 Å². The van der Waals surface area contributed by atoms with Crippen molar-refractivity contribution in [1.82, 2.24) is 5.32 Å². The fraction of sp³-hybridized carbons (Fsp3) is 0.269. The van der Waals surface area contributed by atoms with Crippen molar-refractivity contribution in [2.45, 2.75) is 17.9 Å². The SMILES string of the molecule is CCOC(=O)c1ccc(-c2ccc(OCCNCC(O)c3ccc(O)c(S(C)(=O)=O)c3N)cc2)cc1. The van der Waals surface area contributed by atoms with E-state index in [2.05, 4.69) is 5.32 Å². The largest absolute Gasteiger partial charge is 0.507 e. The van der Waals surface area contributed by atoms with Crippen LogP contribution in [0.4, 0.5) is 5.69 Å². The van der Waals surface area contributed by atoms with Gasteiger partial charge in [0.1, 0.15) is 23.0 Å². The minimum Gasteiger partial charge on any atom is -0.507 e. The van der Waals surface area contributed by atoms with Crippen LogP contribution in [0.15, 0.2) is 65.6 Å². The third kappa shape index (κ3) is 6.75. The zero-order valence-corrected chi connectivity index (χ0v) is 20.9. The number of benzene rings is 3. The zero-order chi connectivity index (χ0) is 26.3. The van der Waals surface area contributed by atoms with E-state index in [1.54, 1.807) is 19.1 Å². The Labute approximate surface area is 210 Å². The number of aromatic hydroxyl groups is 1. The third-order valence-electron chi connectivity index (χ3n) is 5.41. The van der Waals surface area contributed by atoms with Gasteiger partial charge in [-0.05, 0) is 48.4 Å². The van der Waals surface area contributed by atoms with Crippen LogP contribution in [0.25, 0.3) is 11.1 Å². The van der Waals surface area contributed by atoms with Crippen molar-refractivity contribution in [1.29, 1.82) is 0 Å². The molecule has 5 N–H and O–H groups in total. The molecule has 0 amide bonds. The molecule has 3 aromatic rings. The Morgan fingerprint density at radius 2 is 1.64 bits per heavy atom. The molecule has 36 heavy (non-hydrogen) atoms. The lowest BCUT2D eigenvalue weighted by Crippen LogP contribution is -2.26. The lowest BCUT2D eigenvalue weighted by atomic mass is 10.0. The summed E-state index contributed by atoms with van der Waals surface area (Å²) < 4.78 is 34.5. The molecule has 1 unspecified atom stereocenters. The smallest absolute Gasteiger partial charge is 0.338 e. The molecule has 0 bridgehead atoms. The number of ether oxygens (including phenoxy) is 2. The van der Waals surface area contributed by atoms with Crippen molar-refractivity contribution in [3.8, 4) is 22.6 Å². The Kier molecular flexibility index (Phi) is 8.92. The number of phenols is 1. The Morgan fingerprint density at radius 3 is 2.22 bits per heavy atom. The van der Waals surface area contributed by atoms with Gasteiger partial charge in [0.2, 0.25) is 0 Å². The Bertz CT molecular complexity index is 1290. The lowest BCUT2D eigenvalue weighted by molar-refractivity contribution is 0.0526. The van der Waals surface area contributed by atoms with Crippen LogP contribution in [0.5, 0.6) is 11.5 Å². The van der Waals surface area contributed by atoms with E-state index in [9.17, 15) is 23.4 Å². The molecule has 3 aromatic carbocycles. The number of aliphatic hydroxyl groups is 1. The van der Waals surface area contributed by atoms with E-state index in [-0.39, 0.29) is 28.7 Å². The minimum atomic E-state index is -3.75. The first-order valence-corrected chi connectivity index (χ1v) is 13.2. The molecule has 0 fully saturated rings. The third-order valence-corrected chi connectivity index (χ3v) is 6.58. The molecule has 0 heterocycles. The molecule has 0 spiro atoms. The molecule has 192 valence electrons. The molecule has 0 saturated carbocycles. The number of rotatable bonds is 11. The van der Waals surface area contributed by atoms with Gasteiger partial charge in [0.15, 0.2) is 9.84 Å². The number of carbonyl (C=O) groups is 1. The summed E-state index contributed by atoms with van der Waals surface area (Å²) in [5.74, 6) is -0.129. The van der Waals surface area contributed by atoms with Gasteiger partial charge in [0.05, 0.1) is 24.0 Å². The van der Waals surface area contributed by atoms with Crippen LogP contribution in [0, 0.1) is 0 Å². The van der Waals surface area contributed by atoms with Gasteiger partial charge in [-0.2, -0.15) is 0 Å². The number of nitrogens with one attached hydrogen (secondary N) is 1. The summed E-state index contributed by atoms with van der Waals surface area (Å²) >= 11 is 0. The summed E-state index contributed by atoms with van der Waals surface area (Å²) in [7, 11) is -3.75. The number of hydrogen-bond acceptors (Lipinski definition) is 9. The Morgan fingerprint density at radius 1 is 1.03 bits per heavy atom. The number of nitrogen functional groups attached to an aromatic ring is 1. The summed E-state index contributed by atoms with van der Waals surface area (Å²) in [5.41, 5.74) is 8.37. The molecule has 0 aliphatic carbocycles. The highest BCUT2D eigenvalue weighted by molar-refractivity contribution is 7.91. The van der Waals surface area contributed by atoms with Gasteiger partial charge in [-0.25, -0.2) is 13.2 Å². The van der Waals surface area contributed by atoms with Gasteiger partial charge in [0.25, 0.3) is 0 Å². The summed E-state index contributed by atoms with van der Waals surface area (Å²) in [5, 5.41) is 23.3. The van der Waals surface area contributed by atoms with Crippen LogP contribution in [-0.4, -0.2) is 57.2 Å². The standard InChI is InChI=1S/C26H30N2O7S/c1-3-34-26(31)19-6-4-17(5-7-19)18-8-10-20(11-9-18)35-15-14-28-16-23(30)21-12-13-22(29)25(24(21)27)36(2,32)33/h4-13,23,28-30H,3,14-16,27H2,1-2H3. The molecule has 3 rings (SSSR count). The van der Waals surface area contributed by atoms with Crippen LogP contribution in [0.1, 0.15) is 28.9 Å². The number of phenolic OH excluding ortho intramolecular Hbond substituents is 1. The fourth-order valence-corrected chi connectivity index (χ4v) is 4.60. The maximum absolute atomic E-state index is 11.9. The molecule has 0 saturated heterocycles. The second-order valence-electron chi connectivity index (χ2n) is 8.08. The van der Waals surface area contributed by atoms with Crippen molar-refractivity contribution < 1.29 is 32.9 Å². The van der Waals surface area contributed by atoms with Crippen LogP contribution < -0.4 is 15.8 Å². The van der Waals surface area contributed by atoms with Crippen LogP contribution in [-0.2, 0) is 14.6 Å². The van der Waals surface area contributed by atoms with E-state index >= 15 is 0 Å². The minimum absolute atomic E-state index is 0.113. The topological polar surface area (TPSA) is 148 Å². The Balaban J connectivity index is 1.48. The van der Waals surface area contributed by atoms with E-state index in [1.165, 1.54) is 12.1 Å². The van der Waals surface area contributed by atoms with Crippen LogP contribution >= 0.6 is 0 Å². The highest BCUT2D eigenvalue weighted by atomic mass is 32.2. The fourth-order valence-electron chi connectivity index (χ4n) is 3.63. The van der Waals surface area contributed by atoms with Gasteiger partial charge < -0.3 is 30.7 Å². The van der Waals surface area contributed by atoms with E-state index in [1.807, 2.05) is 36.4 Å². The van der Waals surface area contributed by atoms with E-state index in [0.717, 1.165) is 17.4 Å². The first kappa shape index (κ1) is 27.0. The number of esters is 1. The first-order valence-electron chi connectivity index (χ1n) is 11.3. The van der Waals surface area contributed by atoms with Gasteiger partial charge >= 0.3 is 5.97 Å². The Hall–Kier alpha value is -3.60. The zero-order valence-electron chi connectivity index (χ0n) is 20.1. The molecule has 0 aromatic heterocycles. The van der Waals surface area contributed by atoms with Crippen molar-refractivity contribution >= 4 is 21.5 Å². The monoisotopic (exact) mass is 514 g/mol. The molecule has 10 heteroatoms. The second kappa shape index (κ2) is 11.9. The number of nitrogens with two attached hydrogens (primary N) is 1. The van der Waals surface area contributed by atoms with Crippen LogP contribution in [0.2, 0.25) is 0 Å². The first-order chi connectivity index (χ1) is 17.1. The molecule has 9 nitrogen and oxygen atoms in total. The highest BCUT2D eigenvalue weighted by Crippen LogP contribution is 2.34. The number of carbonyl (C=O) groups excluding carboxylic acids is 1. The van der Waals surface area contributed by atoms with Crippen LogP contribution in [0.3, 0.4) is 0 Å². The average molecular weight is 515 g/mol. The molecule has 1 atom stereocenters. The number of sulfone groups is 1. The molecule has 0 aliphatic heterocycles. The van der Waals surface area contributed by atoms with Crippen molar-refractivity contribution in [3.05, 3.63) is 71.8 Å². The van der Waals surface area contributed by atoms with Crippen molar-refractivity contribution in [2.75, 3.05) is 38.3 Å². The average Bonchev–Trinajstić information content (AvgIpc) is 2.83. The lowest BCUT2D eigenvalue weighted by Gasteiger charge is -2.17. The summed E-state index contributed by atoms with van der Waals surface area (Å²) in [6.45, 7) is 2.96.